The SMILES string of the molecule is CCC/C=C/C=N/NC(=S)NC1CCCCC1. The lowest BCUT2D eigenvalue weighted by Gasteiger charge is -2.23. The molecule has 0 aromatic heterocycles. The molecule has 0 spiro atoms. The van der Waals surface area contributed by atoms with E-state index in [1.165, 1.54) is 38.5 Å². The highest BCUT2D eigenvalue weighted by Gasteiger charge is 2.13. The fourth-order valence-electron chi connectivity index (χ4n) is 1.93. The van der Waals surface area contributed by atoms with Crippen molar-refractivity contribution in [1.82, 2.24) is 10.7 Å². The monoisotopic (exact) mass is 253 g/mol. The molecule has 0 atom stereocenters. The lowest BCUT2D eigenvalue weighted by atomic mass is 9.96. The maximum absolute atomic E-state index is 5.18. The lowest BCUT2D eigenvalue weighted by Crippen LogP contribution is -2.40. The molecule has 96 valence electrons. The van der Waals surface area contributed by atoms with E-state index < -0.39 is 0 Å². The van der Waals surface area contributed by atoms with Crippen LogP contribution < -0.4 is 10.7 Å². The van der Waals surface area contributed by atoms with Crippen molar-refractivity contribution in [2.45, 2.75) is 57.9 Å². The number of nitrogens with zero attached hydrogens (tertiary/aromatic N) is 1. The Balaban J connectivity index is 2.11. The zero-order chi connectivity index (χ0) is 12.3. The van der Waals surface area contributed by atoms with Crippen LogP contribution in [0.25, 0.3) is 0 Å². The molecule has 4 heteroatoms. The Morgan fingerprint density at radius 1 is 1.35 bits per heavy atom. The molecule has 17 heavy (non-hydrogen) atoms. The van der Waals surface area contributed by atoms with E-state index in [9.17, 15) is 0 Å². The van der Waals surface area contributed by atoms with Crippen molar-refractivity contribution in [2.24, 2.45) is 5.10 Å². The van der Waals surface area contributed by atoms with Crippen LogP contribution in [0.1, 0.15) is 51.9 Å². The number of hydrogen-bond acceptors (Lipinski definition) is 2. The number of thiocarbonyl (C=S) groups is 1. The number of allylic oxidation sites excluding steroid dienone is 2. The van der Waals surface area contributed by atoms with Crippen molar-refractivity contribution in [3.63, 3.8) is 0 Å². The summed E-state index contributed by atoms with van der Waals surface area (Å²) in [4.78, 5) is 0. The van der Waals surface area contributed by atoms with E-state index in [1.807, 2.05) is 6.08 Å². The van der Waals surface area contributed by atoms with Gasteiger partial charge in [0.05, 0.1) is 0 Å². The van der Waals surface area contributed by atoms with E-state index in [1.54, 1.807) is 6.21 Å². The van der Waals surface area contributed by atoms with Crippen LogP contribution in [0.3, 0.4) is 0 Å². The summed E-state index contributed by atoms with van der Waals surface area (Å²) in [5.41, 5.74) is 2.85. The molecule has 0 aromatic rings. The first-order valence-corrected chi connectivity index (χ1v) is 6.98. The largest absolute Gasteiger partial charge is 0.359 e. The fourth-order valence-corrected chi connectivity index (χ4v) is 2.15. The maximum atomic E-state index is 5.18. The Labute approximate surface area is 110 Å². The molecule has 0 aliphatic heterocycles. The minimum Gasteiger partial charge on any atom is -0.359 e. The Morgan fingerprint density at radius 2 is 2.12 bits per heavy atom. The summed E-state index contributed by atoms with van der Waals surface area (Å²) >= 11 is 5.18. The van der Waals surface area contributed by atoms with Gasteiger partial charge in [0.2, 0.25) is 0 Å². The topological polar surface area (TPSA) is 36.4 Å². The van der Waals surface area contributed by atoms with Gasteiger partial charge >= 0.3 is 0 Å². The first-order chi connectivity index (χ1) is 8.33. The van der Waals surface area contributed by atoms with E-state index in [0.717, 1.165) is 6.42 Å². The standard InChI is InChI=1S/C13H23N3S/c1-2-3-4-8-11-14-16-13(17)15-12-9-6-5-7-10-12/h4,8,11-12H,2-3,5-7,9-10H2,1H3,(H2,15,16,17)/b8-4+,14-11+. The van der Waals surface area contributed by atoms with Gasteiger partial charge in [0.1, 0.15) is 0 Å². The Morgan fingerprint density at radius 3 is 2.82 bits per heavy atom. The summed E-state index contributed by atoms with van der Waals surface area (Å²) in [5, 5.41) is 7.98. The number of unbranched alkanes of at least 4 members (excludes halogenated alkanes) is 1. The number of hydrazone groups is 1. The van der Waals surface area contributed by atoms with Crippen LogP contribution >= 0.6 is 12.2 Å². The van der Waals surface area contributed by atoms with E-state index in [2.05, 4.69) is 28.8 Å². The summed E-state index contributed by atoms with van der Waals surface area (Å²) in [6, 6.07) is 0.537. The summed E-state index contributed by atoms with van der Waals surface area (Å²) in [6.45, 7) is 2.16. The smallest absolute Gasteiger partial charge is 0.187 e. The second-order valence-corrected chi connectivity index (χ2v) is 4.82. The molecule has 0 heterocycles. The first kappa shape index (κ1) is 14.2. The molecule has 0 amide bonds. The van der Waals surface area contributed by atoms with Crippen molar-refractivity contribution in [3.8, 4) is 0 Å². The molecule has 1 aliphatic rings. The minimum atomic E-state index is 0.537. The van der Waals surface area contributed by atoms with Gasteiger partial charge in [-0.05, 0) is 37.6 Å². The Bertz CT molecular complexity index is 268. The average Bonchev–Trinajstić information content (AvgIpc) is 2.35. The summed E-state index contributed by atoms with van der Waals surface area (Å²) < 4.78 is 0. The second-order valence-electron chi connectivity index (χ2n) is 4.42. The first-order valence-electron chi connectivity index (χ1n) is 6.57. The van der Waals surface area contributed by atoms with Gasteiger partial charge in [0.25, 0.3) is 0 Å². The van der Waals surface area contributed by atoms with Crippen LogP contribution in [0, 0.1) is 0 Å². The molecule has 0 aromatic carbocycles. The molecule has 0 radical (unpaired) electrons. The zero-order valence-electron chi connectivity index (χ0n) is 10.6. The van der Waals surface area contributed by atoms with Crippen molar-refractivity contribution in [1.29, 1.82) is 0 Å². The van der Waals surface area contributed by atoms with Crippen molar-refractivity contribution >= 4 is 23.5 Å². The third-order valence-electron chi connectivity index (χ3n) is 2.86. The molecule has 1 fully saturated rings. The van der Waals surface area contributed by atoms with Crippen LogP contribution in [0.2, 0.25) is 0 Å². The van der Waals surface area contributed by atoms with Crippen molar-refractivity contribution in [3.05, 3.63) is 12.2 Å². The zero-order valence-corrected chi connectivity index (χ0v) is 11.4. The van der Waals surface area contributed by atoms with Gasteiger partial charge < -0.3 is 5.32 Å². The van der Waals surface area contributed by atoms with Gasteiger partial charge in [-0.25, -0.2) is 0 Å². The predicted octanol–water partition coefficient (Wildman–Crippen LogP) is 3.13. The van der Waals surface area contributed by atoms with Crippen LogP contribution in [-0.2, 0) is 0 Å². The molecule has 0 bridgehead atoms. The van der Waals surface area contributed by atoms with Crippen LogP contribution in [0.15, 0.2) is 17.3 Å². The van der Waals surface area contributed by atoms with E-state index >= 15 is 0 Å². The molecule has 3 nitrogen and oxygen atoms in total. The van der Waals surface area contributed by atoms with Crippen LogP contribution in [0.5, 0.6) is 0 Å². The lowest BCUT2D eigenvalue weighted by molar-refractivity contribution is 0.412. The number of hydrogen-bond donors (Lipinski definition) is 2. The van der Waals surface area contributed by atoms with E-state index in [4.69, 9.17) is 12.2 Å². The van der Waals surface area contributed by atoms with Gasteiger partial charge in [-0.1, -0.05) is 38.7 Å². The number of nitrogens with one attached hydrogen (secondary N) is 2. The van der Waals surface area contributed by atoms with Crippen LogP contribution in [-0.4, -0.2) is 17.4 Å². The van der Waals surface area contributed by atoms with Gasteiger partial charge in [0.15, 0.2) is 5.11 Å². The quantitative estimate of drug-likeness (QED) is 0.449. The third-order valence-corrected chi connectivity index (χ3v) is 3.07. The van der Waals surface area contributed by atoms with E-state index in [0.29, 0.717) is 11.2 Å². The molecular formula is C13H23N3S. The molecule has 1 aliphatic carbocycles. The number of rotatable bonds is 5. The predicted molar refractivity (Wildman–Crippen MR) is 78.3 cm³/mol. The van der Waals surface area contributed by atoms with Crippen LogP contribution in [0.4, 0.5) is 0 Å². The highest BCUT2D eigenvalue weighted by atomic mass is 32.1. The minimum absolute atomic E-state index is 0.537. The summed E-state index contributed by atoms with van der Waals surface area (Å²) in [6.07, 6.45) is 14.5. The van der Waals surface area contributed by atoms with Crippen molar-refractivity contribution < 1.29 is 0 Å². The normalized spacial score (nSPS) is 17.7. The Hall–Kier alpha value is -0.900. The van der Waals surface area contributed by atoms with E-state index in [-0.39, 0.29) is 0 Å². The highest BCUT2D eigenvalue weighted by molar-refractivity contribution is 7.80. The molecule has 0 saturated heterocycles. The summed E-state index contributed by atoms with van der Waals surface area (Å²) in [5.74, 6) is 0. The third kappa shape index (κ3) is 7.10. The van der Waals surface area contributed by atoms with Gasteiger partial charge in [-0.3, -0.25) is 5.43 Å². The molecular weight excluding hydrogens is 230 g/mol. The van der Waals surface area contributed by atoms with Gasteiger partial charge in [-0.15, -0.1) is 0 Å². The highest BCUT2D eigenvalue weighted by Crippen LogP contribution is 2.17. The molecule has 1 rings (SSSR count). The molecule has 2 N–H and O–H groups in total. The molecule has 1 saturated carbocycles. The van der Waals surface area contributed by atoms with Gasteiger partial charge in [0, 0.05) is 12.3 Å². The summed E-state index contributed by atoms with van der Waals surface area (Å²) in [7, 11) is 0. The fraction of sp³-hybridized carbons (Fsp3) is 0.692. The Kier molecular flexibility index (Phi) is 7.63. The van der Waals surface area contributed by atoms with Crippen molar-refractivity contribution in [2.75, 3.05) is 0 Å². The maximum Gasteiger partial charge on any atom is 0.187 e. The molecule has 0 unspecified atom stereocenters. The average molecular weight is 253 g/mol. The van der Waals surface area contributed by atoms with Gasteiger partial charge in [-0.2, -0.15) is 5.10 Å². The second kappa shape index (κ2) is 9.16.